The molecule has 0 saturated carbocycles. The van der Waals surface area contributed by atoms with Crippen LogP contribution in [-0.4, -0.2) is 29.7 Å². The van der Waals surface area contributed by atoms with Crippen LogP contribution in [0.5, 0.6) is 0 Å². The summed E-state index contributed by atoms with van der Waals surface area (Å²) in [6.07, 6.45) is 1.51. The number of carbonyl (C=O) groups is 1. The van der Waals surface area contributed by atoms with Gasteiger partial charge in [0.2, 0.25) is 5.91 Å². The smallest absolute Gasteiger partial charge is 0.221 e. The number of aryl methyl sites for hydroxylation is 1. The third-order valence-electron chi connectivity index (χ3n) is 2.93. The standard InChI is InChI=1S/C15H24N2O2/c1-11(2)17-10-14(18)8-7-12-3-5-13(6-4-12)9-15(16)19/h3-6,11,14,17-18H,7-10H2,1-2H3,(H2,16,19)/t14-/m1/s1. The Kier molecular flexibility index (Phi) is 6.53. The first kappa shape index (κ1) is 15.7. The molecule has 0 unspecified atom stereocenters. The van der Waals surface area contributed by atoms with Crippen molar-refractivity contribution in [2.75, 3.05) is 6.54 Å². The van der Waals surface area contributed by atoms with E-state index in [-0.39, 0.29) is 18.4 Å². The van der Waals surface area contributed by atoms with Crippen LogP contribution >= 0.6 is 0 Å². The monoisotopic (exact) mass is 264 g/mol. The fraction of sp³-hybridized carbons (Fsp3) is 0.533. The molecule has 1 amide bonds. The molecule has 0 aliphatic heterocycles. The molecule has 0 aromatic heterocycles. The average molecular weight is 264 g/mol. The first-order chi connectivity index (χ1) is 8.97. The lowest BCUT2D eigenvalue weighted by molar-refractivity contribution is -0.117. The predicted molar refractivity (Wildman–Crippen MR) is 76.8 cm³/mol. The Morgan fingerprint density at radius 3 is 2.37 bits per heavy atom. The molecule has 4 heteroatoms. The molecule has 4 N–H and O–H groups in total. The van der Waals surface area contributed by atoms with Gasteiger partial charge in [-0.25, -0.2) is 0 Å². The van der Waals surface area contributed by atoms with E-state index in [4.69, 9.17) is 5.73 Å². The van der Waals surface area contributed by atoms with Gasteiger partial charge in [0.1, 0.15) is 0 Å². The zero-order valence-electron chi connectivity index (χ0n) is 11.7. The number of carbonyl (C=O) groups excluding carboxylic acids is 1. The van der Waals surface area contributed by atoms with Crippen LogP contribution in [0.1, 0.15) is 31.4 Å². The summed E-state index contributed by atoms with van der Waals surface area (Å²) in [6, 6.07) is 8.20. The summed E-state index contributed by atoms with van der Waals surface area (Å²) in [6.45, 7) is 4.74. The van der Waals surface area contributed by atoms with Crippen LogP contribution in [0.25, 0.3) is 0 Å². The van der Waals surface area contributed by atoms with E-state index in [0.29, 0.717) is 12.6 Å². The van der Waals surface area contributed by atoms with E-state index in [1.54, 1.807) is 0 Å². The summed E-state index contributed by atoms with van der Waals surface area (Å²) < 4.78 is 0. The Morgan fingerprint density at radius 1 is 1.26 bits per heavy atom. The van der Waals surface area contributed by atoms with E-state index in [1.165, 1.54) is 0 Å². The maximum atomic E-state index is 10.8. The van der Waals surface area contributed by atoms with Crippen LogP contribution in [0.15, 0.2) is 24.3 Å². The lowest BCUT2D eigenvalue weighted by Gasteiger charge is -2.14. The SMILES string of the molecule is CC(C)NC[C@H](O)CCc1ccc(CC(N)=O)cc1. The Morgan fingerprint density at radius 2 is 1.84 bits per heavy atom. The maximum absolute atomic E-state index is 10.8. The molecule has 1 aromatic rings. The Balaban J connectivity index is 2.35. The summed E-state index contributed by atoms with van der Waals surface area (Å²) in [7, 11) is 0. The number of nitrogens with one attached hydrogen (secondary N) is 1. The van der Waals surface area contributed by atoms with Gasteiger partial charge in [-0.05, 0) is 24.0 Å². The van der Waals surface area contributed by atoms with Crippen LogP contribution in [0.3, 0.4) is 0 Å². The van der Waals surface area contributed by atoms with Gasteiger partial charge in [-0.15, -0.1) is 0 Å². The highest BCUT2D eigenvalue weighted by atomic mass is 16.3. The molecule has 0 fully saturated rings. The minimum absolute atomic E-state index is 0.279. The Bertz CT molecular complexity index is 388. The quantitative estimate of drug-likeness (QED) is 0.656. The number of aliphatic hydroxyl groups is 1. The zero-order valence-corrected chi connectivity index (χ0v) is 11.7. The molecular weight excluding hydrogens is 240 g/mol. The minimum atomic E-state index is -0.326. The van der Waals surface area contributed by atoms with Gasteiger partial charge in [0.25, 0.3) is 0 Å². The van der Waals surface area contributed by atoms with Crippen molar-refractivity contribution in [3.8, 4) is 0 Å². The molecule has 0 bridgehead atoms. The molecule has 0 aliphatic rings. The highest BCUT2D eigenvalue weighted by Crippen LogP contribution is 2.08. The number of aliphatic hydroxyl groups excluding tert-OH is 1. The van der Waals surface area contributed by atoms with Gasteiger partial charge in [-0.1, -0.05) is 38.1 Å². The number of primary amides is 1. The highest BCUT2D eigenvalue weighted by Gasteiger charge is 2.05. The second-order valence-electron chi connectivity index (χ2n) is 5.22. The molecule has 0 spiro atoms. The lowest BCUT2D eigenvalue weighted by Crippen LogP contribution is -2.32. The summed E-state index contributed by atoms with van der Waals surface area (Å²) >= 11 is 0. The molecule has 0 radical (unpaired) electrons. The van der Waals surface area contributed by atoms with Crippen molar-refractivity contribution in [1.82, 2.24) is 5.32 Å². The van der Waals surface area contributed by atoms with Crippen molar-refractivity contribution in [2.45, 2.75) is 45.3 Å². The third kappa shape index (κ3) is 6.94. The van der Waals surface area contributed by atoms with E-state index >= 15 is 0 Å². The molecule has 0 aliphatic carbocycles. The van der Waals surface area contributed by atoms with Gasteiger partial charge < -0.3 is 16.2 Å². The highest BCUT2D eigenvalue weighted by molar-refractivity contribution is 5.76. The second-order valence-corrected chi connectivity index (χ2v) is 5.22. The van der Waals surface area contributed by atoms with Crippen LogP contribution in [-0.2, 0) is 17.6 Å². The van der Waals surface area contributed by atoms with Gasteiger partial charge in [0, 0.05) is 12.6 Å². The number of nitrogens with two attached hydrogens (primary N) is 1. The van der Waals surface area contributed by atoms with E-state index in [9.17, 15) is 9.90 Å². The van der Waals surface area contributed by atoms with Gasteiger partial charge >= 0.3 is 0 Å². The largest absolute Gasteiger partial charge is 0.392 e. The summed E-state index contributed by atoms with van der Waals surface area (Å²) in [5, 5.41) is 13.0. The van der Waals surface area contributed by atoms with E-state index in [1.807, 2.05) is 24.3 Å². The number of hydrogen-bond acceptors (Lipinski definition) is 3. The molecule has 0 saturated heterocycles. The number of benzene rings is 1. The van der Waals surface area contributed by atoms with Crippen molar-refractivity contribution in [3.63, 3.8) is 0 Å². The van der Waals surface area contributed by atoms with Gasteiger partial charge in [-0.2, -0.15) is 0 Å². The van der Waals surface area contributed by atoms with E-state index < -0.39 is 0 Å². The van der Waals surface area contributed by atoms with E-state index in [0.717, 1.165) is 24.0 Å². The topological polar surface area (TPSA) is 75.3 Å². The van der Waals surface area contributed by atoms with Crippen LogP contribution in [0.2, 0.25) is 0 Å². The molecule has 4 nitrogen and oxygen atoms in total. The first-order valence-corrected chi connectivity index (χ1v) is 6.75. The fourth-order valence-corrected chi connectivity index (χ4v) is 1.83. The Labute approximate surface area is 115 Å². The van der Waals surface area contributed by atoms with E-state index in [2.05, 4.69) is 19.2 Å². The number of amides is 1. The third-order valence-corrected chi connectivity index (χ3v) is 2.93. The van der Waals surface area contributed by atoms with Crippen molar-refractivity contribution < 1.29 is 9.90 Å². The molecule has 0 heterocycles. The normalized spacial score (nSPS) is 12.6. The van der Waals surface area contributed by atoms with Gasteiger partial charge in [-0.3, -0.25) is 4.79 Å². The summed E-state index contributed by atoms with van der Waals surface area (Å²) in [4.78, 5) is 10.8. The molecular formula is C15H24N2O2. The van der Waals surface area contributed by atoms with Gasteiger partial charge in [0.05, 0.1) is 12.5 Å². The molecule has 1 rings (SSSR count). The van der Waals surface area contributed by atoms with Crippen LogP contribution < -0.4 is 11.1 Å². The molecule has 1 aromatic carbocycles. The summed E-state index contributed by atoms with van der Waals surface area (Å²) in [5.74, 6) is -0.317. The summed E-state index contributed by atoms with van der Waals surface area (Å²) in [5.41, 5.74) is 7.23. The number of rotatable bonds is 8. The zero-order chi connectivity index (χ0) is 14.3. The average Bonchev–Trinajstić information content (AvgIpc) is 2.35. The predicted octanol–water partition coefficient (Wildman–Crippen LogP) is 1.01. The van der Waals surface area contributed by atoms with Crippen molar-refractivity contribution in [1.29, 1.82) is 0 Å². The van der Waals surface area contributed by atoms with Gasteiger partial charge in [0.15, 0.2) is 0 Å². The van der Waals surface area contributed by atoms with Crippen molar-refractivity contribution in [2.24, 2.45) is 5.73 Å². The maximum Gasteiger partial charge on any atom is 0.221 e. The first-order valence-electron chi connectivity index (χ1n) is 6.75. The lowest BCUT2D eigenvalue weighted by atomic mass is 10.0. The number of hydrogen-bond donors (Lipinski definition) is 3. The van der Waals surface area contributed by atoms with Crippen molar-refractivity contribution >= 4 is 5.91 Å². The van der Waals surface area contributed by atoms with Crippen LogP contribution in [0, 0.1) is 0 Å². The Hall–Kier alpha value is -1.39. The second kappa shape index (κ2) is 7.92. The molecule has 1 atom stereocenters. The molecule has 19 heavy (non-hydrogen) atoms. The molecule has 106 valence electrons. The minimum Gasteiger partial charge on any atom is -0.392 e. The fourth-order valence-electron chi connectivity index (χ4n) is 1.83. The van der Waals surface area contributed by atoms with Crippen LogP contribution in [0.4, 0.5) is 0 Å². The van der Waals surface area contributed by atoms with Crippen molar-refractivity contribution in [3.05, 3.63) is 35.4 Å².